The van der Waals surface area contributed by atoms with Crippen molar-refractivity contribution in [3.05, 3.63) is 53.9 Å². The predicted octanol–water partition coefficient (Wildman–Crippen LogP) is 2.40. The maximum absolute atomic E-state index is 4.63. The van der Waals surface area contributed by atoms with Crippen LogP contribution in [0.25, 0.3) is 0 Å². The molecule has 5 heteroatoms. The highest BCUT2D eigenvalue weighted by Crippen LogP contribution is 2.25. The summed E-state index contributed by atoms with van der Waals surface area (Å²) in [7, 11) is 1.94. The molecule has 3 rings (SSSR count). The van der Waals surface area contributed by atoms with Gasteiger partial charge in [-0.2, -0.15) is 5.10 Å². The molecule has 0 spiro atoms. The number of aliphatic imine (C=N–C) groups is 1. The predicted molar refractivity (Wildman–Crippen MR) is 84.0 cm³/mol. The van der Waals surface area contributed by atoms with Gasteiger partial charge in [-0.3, -0.25) is 9.67 Å². The first-order valence-corrected chi connectivity index (χ1v) is 7.76. The summed E-state index contributed by atoms with van der Waals surface area (Å²) in [5, 5.41) is 8.72. The van der Waals surface area contributed by atoms with Gasteiger partial charge in [0.2, 0.25) is 0 Å². The van der Waals surface area contributed by atoms with E-state index in [0.29, 0.717) is 6.04 Å². The van der Waals surface area contributed by atoms with Gasteiger partial charge in [-0.05, 0) is 17.5 Å². The van der Waals surface area contributed by atoms with Gasteiger partial charge >= 0.3 is 0 Å². The Morgan fingerprint density at radius 3 is 3.00 bits per heavy atom. The zero-order chi connectivity index (χ0) is 13.8. The van der Waals surface area contributed by atoms with Crippen LogP contribution >= 0.6 is 11.8 Å². The number of nitrogens with one attached hydrogen (secondary N) is 1. The third-order valence-electron chi connectivity index (χ3n) is 3.30. The minimum absolute atomic E-state index is 0.387. The monoisotopic (exact) mass is 286 g/mol. The maximum atomic E-state index is 4.63. The fraction of sp³-hybridized carbons (Fsp3) is 0.333. The summed E-state index contributed by atoms with van der Waals surface area (Å²) in [4.78, 5) is 4.63. The van der Waals surface area contributed by atoms with E-state index >= 15 is 0 Å². The van der Waals surface area contributed by atoms with Gasteiger partial charge in [-0.1, -0.05) is 42.1 Å². The molecule has 1 fully saturated rings. The number of thioether (sulfide) groups is 1. The van der Waals surface area contributed by atoms with Crippen LogP contribution in [0.1, 0.15) is 17.2 Å². The highest BCUT2D eigenvalue weighted by Gasteiger charge is 2.21. The fourth-order valence-corrected chi connectivity index (χ4v) is 3.25. The molecular formula is C15H18N4S. The first-order valence-electron chi connectivity index (χ1n) is 6.77. The second-order valence-electron chi connectivity index (χ2n) is 4.88. The van der Waals surface area contributed by atoms with E-state index in [1.54, 1.807) is 11.8 Å². The van der Waals surface area contributed by atoms with Crippen LogP contribution in [0.4, 0.5) is 0 Å². The summed E-state index contributed by atoms with van der Waals surface area (Å²) in [5.41, 5.74) is 2.57. The van der Waals surface area contributed by atoms with Crippen molar-refractivity contribution in [3.63, 3.8) is 0 Å². The largest absolute Gasteiger partial charge is 0.357 e. The number of rotatable bonds is 4. The molecule has 1 aliphatic rings. The smallest absolute Gasteiger partial charge is 0.157 e. The number of nitrogens with zero attached hydrogens (tertiary/aromatic N) is 3. The minimum Gasteiger partial charge on any atom is -0.357 e. The molecule has 1 aromatic heterocycles. The van der Waals surface area contributed by atoms with Crippen molar-refractivity contribution >= 4 is 16.9 Å². The second kappa shape index (κ2) is 6.13. The summed E-state index contributed by atoms with van der Waals surface area (Å²) in [6.45, 7) is 0.808. The van der Waals surface area contributed by atoms with Gasteiger partial charge in [-0.25, -0.2) is 0 Å². The van der Waals surface area contributed by atoms with Crippen LogP contribution in [0.5, 0.6) is 0 Å². The number of hydrogen-bond acceptors (Lipinski definition) is 3. The van der Waals surface area contributed by atoms with E-state index in [-0.39, 0.29) is 0 Å². The quantitative estimate of drug-likeness (QED) is 0.938. The molecule has 1 N–H and O–H groups in total. The van der Waals surface area contributed by atoms with Crippen molar-refractivity contribution in [1.82, 2.24) is 15.1 Å². The van der Waals surface area contributed by atoms with Crippen molar-refractivity contribution in [2.75, 3.05) is 12.3 Å². The van der Waals surface area contributed by atoms with Gasteiger partial charge in [0.1, 0.15) is 0 Å². The van der Waals surface area contributed by atoms with Crippen LogP contribution in [0, 0.1) is 0 Å². The molecule has 0 aliphatic carbocycles. The van der Waals surface area contributed by atoms with Crippen molar-refractivity contribution in [2.24, 2.45) is 12.0 Å². The van der Waals surface area contributed by atoms with Crippen molar-refractivity contribution in [1.29, 1.82) is 0 Å². The Balaban J connectivity index is 1.53. The molecular weight excluding hydrogens is 268 g/mol. The van der Waals surface area contributed by atoms with Gasteiger partial charge in [0.05, 0.1) is 12.2 Å². The summed E-state index contributed by atoms with van der Waals surface area (Å²) in [6.07, 6.45) is 4.89. The Hall–Kier alpha value is -1.75. The molecule has 1 aromatic carbocycles. The topological polar surface area (TPSA) is 42.2 Å². The molecule has 20 heavy (non-hydrogen) atoms. The highest BCUT2D eigenvalue weighted by atomic mass is 32.2. The van der Waals surface area contributed by atoms with Crippen LogP contribution in [0.3, 0.4) is 0 Å². The number of benzene rings is 1. The standard InChI is InChI=1S/C15H18N4S/c1-19-10-12(9-17-19)7-8-16-15-18-14(11-20-15)13-5-3-2-4-6-13/h2-6,9-10,14H,7-8,11H2,1H3,(H,16,18). The van der Waals surface area contributed by atoms with Crippen molar-refractivity contribution in [2.45, 2.75) is 12.5 Å². The summed E-state index contributed by atoms with van der Waals surface area (Å²) in [6, 6.07) is 10.9. The van der Waals surface area contributed by atoms with E-state index in [9.17, 15) is 0 Å². The van der Waals surface area contributed by atoms with Crippen LogP contribution < -0.4 is 5.32 Å². The molecule has 1 unspecified atom stereocenters. The summed E-state index contributed by atoms with van der Waals surface area (Å²) in [5.74, 6) is 1.05. The molecule has 1 aliphatic heterocycles. The molecule has 104 valence electrons. The van der Waals surface area contributed by atoms with E-state index < -0.39 is 0 Å². The van der Waals surface area contributed by atoms with Crippen LogP contribution in [-0.2, 0) is 13.5 Å². The molecule has 0 amide bonds. The number of hydrogen-bond donors (Lipinski definition) is 1. The van der Waals surface area contributed by atoms with Gasteiger partial charge < -0.3 is 5.32 Å². The lowest BCUT2D eigenvalue weighted by atomic mass is 10.1. The van der Waals surface area contributed by atoms with Crippen LogP contribution in [0.2, 0.25) is 0 Å². The molecule has 1 atom stereocenters. The van der Waals surface area contributed by atoms with E-state index in [4.69, 9.17) is 0 Å². The maximum Gasteiger partial charge on any atom is 0.157 e. The summed E-state index contributed by atoms with van der Waals surface area (Å²) < 4.78 is 1.83. The molecule has 2 aromatic rings. The van der Waals surface area contributed by atoms with Gasteiger partial charge in [-0.15, -0.1) is 0 Å². The summed E-state index contributed by atoms with van der Waals surface area (Å²) >= 11 is 1.80. The lowest BCUT2D eigenvalue weighted by Crippen LogP contribution is -2.19. The Morgan fingerprint density at radius 2 is 2.25 bits per heavy atom. The number of aromatic nitrogens is 2. The first-order chi connectivity index (χ1) is 9.81. The highest BCUT2D eigenvalue weighted by molar-refractivity contribution is 8.14. The minimum atomic E-state index is 0.387. The third-order valence-corrected chi connectivity index (χ3v) is 4.32. The SMILES string of the molecule is Cn1cc(CCN=C2NC(c3ccccc3)CS2)cn1. The van der Waals surface area contributed by atoms with Gasteiger partial charge in [0, 0.05) is 25.5 Å². The zero-order valence-electron chi connectivity index (χ0n) is 11.5. The van der Waals surface area contributed by atoms with Crippen molar-refractivity contribution in [3.8, 4) is 0 Å². The fourth-order valence-electron chi connectivity index (χ4n) is 2.24. The third kappa shape index (κ3) is 3.22. The van der Waals surface area contributed by atoms with Gasteiger partial charge in [0.25, 0.3) is 0 Å². The Labute approximate surface area is 123 Å². The number of amidine groups is 1. The molecule has 0 bridgehead atoms. The lowest BCUT2D eigenvalue weighted by molar-refractivity contribution is 0.748. The average Bonchev–Trinajstić information content (AvgIpc) is 3.09. The Morgan fingerprint density at radius 1 is 1.40 bits per heavy atom. The lowest BCUT2D eigenvalue weighted by Gasteiger charge is -2.09. The van der Waals surface area contributed by atoms with E-state index in [2.05, 4.69) is 45.7 Å². The average molecular weight is 286 g/mol. The first kappa shape index (κ1) is 13.2. The van der Waals surface area contributed by atoms with E-state index in [1.807, 2.05) is 24.1 Å². The number of aryl methyl sites for hydroxylation is 1. The Bertz CT molecular complexity index is 591. The molecule has 0 radical (unpaired) electrons. The zero-order valence-corrected chi connectivity index (χ0v) is 12.3. The van der Waals surface area contributed by atoms with Crippen molar-refractivity contribution < 1.29 is 0 Å². The van der Waals surface area contributed by atoms with Gasteiger partial charge in [0.15, 0.2) is 5.17 Å². The Kier molecular flexibility index (Phi) is 4.06. The van der Waals surface area contributed by atoms with E-state index in [0.717, 1.165) is 23.9 Å². The normalized spacial score (nSPS) is 20.2. The second-order valence-corrected chi connectivity index (χ2v) is 5.89. The molecule has 1 saturated heterocycles. The molecule has 2 heterocycles. The molecule has 0 saturated carbocycles. The van der Waals surface area contributed by atoms with Crippen LogP contribution in [-0.4, -0.2) is 27.2 Å². The van der Waals surface area contributed by atoms with E-state index in [1.165, 1.54) is 11.1 Å². The molecule has 4 nitrogen and oxygen atoms in total. The van der Waals surface area contributed by atoms with Crippen LogP contribution in [0.15, 0.2) is 47.7 Å².